The molecule has 2 heteroatoms. The summed E-state index contributed by atoms with van der Waals surface area (Å²) in [5, 5.41) is 0.746. The zero-order valence-corrected chi connectivity index (χ0v) is 23.1. The van der Waals surface area contributed by atoms with E-state index in [0.717, 1.165) is 46.7 Å². The average Bonchev–Trinajstić information content (AvgIpc) is 3.19. The smallest absolute Gasteiger partial charge is 0.108 e. The summed E-state index contributed by atoms with van der Waals surface area (Å²) < 4.78 is 6.52. The molecule has 0 aromatic carbocycles. The van der Waals surface area contributed by atoms with Crippen molar-refractivity contribution in [1.29, 1.82) is 0 Å². The molecule has 0 aromatic heterocycles. The summed E-state index contributed by atoms with van der Waals surface area (Å²) in [7, 11) is 0. The van der Waals surface area contributed by atoms with E-state index in [1.54, 1.807) is 0 Å². The Balaban J connectivity index is 1.30. The van der Waals surface area contributed by atoms with Crippen molar-refractivity contribution in [3.05, 3.63) is 0 Å². The van der Waals surface area contributed by atoms with E-state index in [-0.39, 0.29) is 4.93 Å². The summed E-state index contributed by atoms with van der Waals surface area (Å²) in [6.45, 7) is 17.5. The third-order valence-electron chi connectivity index (χ3n) is 11.7. The molecule has 1 saturated heterocycles. The molecule has 5 fully saturated rings. The van der Waals surface area contributed by atoms with Gasteiger partial charge in [0, 0.05) is 5.25 Å². The van der Waals surface area contributed by atoms with Gasteiger partial charge in [-0.05, 0) is 117 Å². The van der Waals surface area contributed by atoms with Gasteiger partial charge >= 0.3 is 0 Å². The fraction of sp³-hybridized carbons (Fsp3) is 1.00. The lowest BCUT2D eigenvalue weighted by molar-refractivity contribution is -0.136. The second-order valence-electron chi connectivity index (χ2n) is 14.3. The van der Waals surface area contributed by atoms with Gasteiger partial charge in [0.05, 0.1) is 6.10 Å². The second-order valence-corrected chi connectivity index (χ2v) is 16.2. The number of hydrogen-bond acceptors (Lipinski definition) is 2. The zero-order chi connectivity index (χ0) is 22.9. The van der Waals surface area contributed by atoms with E-state index in [9.17, 15) is 0 Å². The van der Waals surface area contributed by atoms with E-state index < -0.39 is 0 Å². The van der Waals surface area contributed by atoms with Crippen molar-refractivity contribution in [2.75, 3.05) is 0 Å². The number of ether oxygens (including phenoxy) is 1. The van der Waals surface area contributed by atoms with Crippen molar-refractivity contribution in [1.82, 2.24) is 0 Å². The van der Waals surface area contributed by atoms with Crippen LogP contribution in [0.2, 0.25) is 0 Å². The first-order valence-electron chi connectivity index (χ1n) is 14.4. The van der Waals surface area contributed by atoms with Gasteiger partial charge in [-0.15, -0.1) is 11.8 Å². The van der Waals surface area contributed by atoms with Crippen molar-refractivity contribution in [3.63, 3.8) is 0 Å². The molecule has 0 N–H and O–H groups in total. The van der Waals surface area contributed by atoms with Crippen LogP contribution in [0, 0.1) is 52.3 Å². The topological polar surface area (TPSA) is 9.23 Å². The molecule has 10 atom stereocenters. The fourth-order valence-electron chi connectivity index (χ4n) is 10.3. The minimum absolute atomic E-state index is 0.0358. The Kier molecular flexibility index (Phi) is 6.35. The predicted molar refractivity (Wildman–Crippen MR) is 139 cm³/mol. The Labute approximate surface area is 204 Å². The third-order valence-corrected chi connectivity index (χ3v) is 13.1. The van der Waals surface area contributed by atoms with Crippen LogP contribution in [0.1, 0.15) is 119 Å². The predicted octanol–water partition coefficient (Wildman–Crippen LogP) is 8.95. The summed E-state index contributed by atoms with van der Waals surface area (Å²) in [6, 6.07) is 0. The third kappa shape index (κ3) is 3.94. The van der Waals surface area contributed by atoms with Crippen molar-refractivity contribution >= 4 is 11.8 Å². The molecule has 5 aliphatic rings. The Bertz CT molecular complexity index is 686. The Morgan fingerprint density at radius 2 is 1.62 bits per heavy atom. The standard InChI is InChI=1S/C30H52OS/c1-19(2)9-8-10-20(3)23-13-14-24-22-12-11-21-17-26-27(32-28(4,5)31-26)18-30(21,7)25(22)15-16-29(23,24)6/h19-27H,8-18H2,1-7H3/t20-,21-,22-,23+,24-,25-,26+,27+,29+,30-/m0/s1. The van der Waals surface area contributed by atoms with Crippen molar-refractivity contribution in [2.24, 2.45) is 52.3 Å². The van der Waals surface area contributed by atoms with Crippen LogP contribution in [0.4, 0.5) is 0 Å². The van der Waals surface area contributed by atoms with E-state index >= 15 is 0 Å². The summed E-state index contributed by atoms with van der Waals surface area (Å²) in [4.78, 5) is 0.0358. The van der Waals surface area contributed by atoms with Gasteiger partial charge in [0.2, 0.25) is 0 Å². The molecular weight excluding hydrogens is 408 g/mol. The molecule has 0 spiro atoms. The molecule has 4 aliphatic carbocycles. The molecule has 32 heavy (non-hydrogen) atoms. The average molecular weight is 461 g/mol. The molecule has 5 rings (SSSR count). The molecule has 0 bridgehead atoms. The molecule has 0 amide bonds. The molecule has 1 heterocycles. The van der Waals surface area contributed by atoms with Crippen LogP contribution in [0.15, 0.2) is 0 Å². The van der Waals surface area contributed by atoms with Crippen molar-refractivity contribution < 1.29 is 4.74 Å². The summed E-state index contributed by atoms with van der Waals surface area (Å²) in [6.07, 6.45) is 16.7. The first-order chi connectivity index (χ1) is 15.0. The van der Waals surface area contributed by atoms with E-state index in [4.69, 9.17) is 4.74 Å². The second kappa shape index (κ2) is 8.46. The molecule has 0 radical (unpaired) electrons. The van der Waals surface area contributed by atoms with Gasteiger partial charge in [-0.3, -0.25) is 0 Å². The maximum atomic E-state index is 6.52. The first-order valence-corrected chi connectivity index (χ1v) is 15.3. The Morgan fingerprint density at radius 1 is 0.875 bits per heavy atom. The molecule has 1 aliphatic heterocycles. The maximum Gasteiger partial charge on any atom is 0.108 e. The normalized spacial score (nSPS) is 50.4. The van der Waals surface area contributed by atoms with Crippen LogP contribution in [0.25, 0.3) is 0 Å². The van der Waals surface area contributed by atoms with Crippen LogP contribution in [0.3, 0.4) is 0 Å². The zero-order valence-electron chi connectivity index (χ0n) is 22.3. The number of fused-ring (bicyclic) bond motifs is 6. The van der Waals surface area contributed by atoms with Gasteiger partial charge in [-0.2, -0.15) is 0 Å². The van der Waals surface area contributed by atoms with Gasteiger partial charge in [-0.1, -0.05) is 53.9 Å². The first kappa shape index (κ1) is 24.0. The maximum absolute atomic E-state index is 6.52. The molecule has 184 valence electrons. The molecule has 1 nitrogen and oxygen atoms in total. The summed E-state index contributed by atoms with van der Waals surface area (Å²) in [5.74, 6) is 6.71. The monoisotopic (exact) mass is 460 g/mol. The highest BCUT2D eigenvalue weighted by Gasteiger charge is 2.62. The largest absolute Gasteiger partial charge is 0.361 e. The number of rotatable bonds is 5. The highest BCUT2D eigenvalue weighted by atomic mass is 32.2. The quantitative estimate of drug-likeness (QED) is 0.405. The van der Waals surface area contributed by atoms with Crippen LogP contribution >= 0.6 is 11.8 Å². The highest BCUT2D eigenvalue weighted by Crippen LogP contribution is 2.69. The summed E-state index contributed by atoms with van der Waals surface area (Å²) in [5.41, 5.74) is 1.20. The number of thioether (sulfide) groups is 1. The van der Waals surface area contributed by atoms with E-state index in [1.165, 1.54) is 70.6 Å². The van der Waals surface area contributed by atoms with Crippen LogP contribution in [-0.4, -0.2) is 16.3 Å². The minimum atomic E-state index is 0.0358. The van der Waals surface area contributed by atoms with E-state index in [0.29, 0.717) is 16.9 Å². The van der Waals surface area contributed by atoms with Gasteiger partial charge in [-0.25, -0.2) is 0 Å². The van der Waals surface area contributed by atoms with Gasteiger partial charge in [0.25, 0.3) is 0 Å². The van der Waals surface area contributed by atoms with E-state index in [2.05, 4.69) is 60.2 Å². The van der Waals surface area contributed by atoms with Crippen LogP contribution in [-0.2, 0) is 4.74 Å². The van der Waals surface area contributed by atoms with Gasteiger partial charge in [0.1, 0.15) is 4.93 Å². The van der Waals surface area contributed by atoms with E-state index in [1.807, 2.05) is 0 Å². The van der Waals surface area contributed by atoms with Crippen LogP contribution in [0.5, 0.6) is 0 Å². The molecule has 0 unspecified atom stereocenters. The Morgan fingerprint density at radius 3 is 2.38 bits per heavy atom. The molecule has 4 saturated carbocycles. The minimum Gasteiger partial charge on any atom is -0.361 e. The summed E-state index contributed by atoms with van der Waals surface area (Å²) >= 11 is 2.16. The highest BCUT2D eigenvalue weighted by molar-refractivity contribution is 8.01. The van der Waals surface area contributed by atoms with Gasteiger partial charge < -0.3 is 4.74 Å². The Hall–Kier alpha value is 0.310. The van der Waals surface area contributed by atoms with Gasteiger partial charge in [0.15, 0.2) is 0 Å². The lowest BCUT2D eigenvalue weighted by atomic mass is 9.44. The van der Waals surface area contributed by atoms with Crippen LogP contribution < -0.4 is 0 Å². The lowest BCUT2D eigenvalue weighted by Crippen LogP contribution is -2.56. The fourth-order valence-corrected chi connectivity index (χ4v) is 11.9. The van der Waals surface area contributed by atoms with Crippen molar-refractivity contribution in [3.8, 4) is 0 Å². The number of hydrogen-bond donors (Lipinski definition) is 0. The SMILES string of the molecule is CC(C)CCC[C@H](C)[C@H]1CC[C@H]2[C@@H]3CC[C@H]4C[C@H]5OC(C)(C)S[C@@H]5C[C@]4(C)[C@H]3CC[C@]12C. The lowest BCUT2D eigenvalue weighted by Gasteiger charge is -2.61. The molecule has 0 aromatic rings. The van der Waals surface area contributed by atoms with Crippen molar-refractivity contribution in [2.45, 2.75) is 135 Å². The molecular formula is C30H52OS.